The molecule has 1 atom stereocenters. The average Bonchev–Trinajstić information content (AvgIpc) is 3.21. The smallest absolute Gasteiger partial charge is 0.261 e. The number of aryl methyl sites for hydroxylation is 2. The van der Waals surface area contributed by atoms with Crippen LogP contribution in [-0.2, 0) is 19.4 Å². The minimum absolute atomic E-state index is 0.0974. The lowest BCUT2D eigenvalue weighted by Gasteiger charge is -2.16. The minimum atomic E-state index is -0.129. The van der Waals surface area contributed by atoms with Gasteiger partial charge in [0.2, 0.25) is 0 Å². The summed E-state index contributed by atoms with van der Waals surface area (Å²) >= 11 is 7.87. The maximum absolute atomic E-state index is 12.8. The van der Waals surface area contributed by atoms with Gasteiger partial charge in [0.15, 0.2) is 0 Å². The quantitative estimate of drug-likeness (QED) is 0.688. The zero-order valence-electron chi connectivity index (χ0n) is 14.7. The number of nitrogens with one attached hydrogen (secondary N) is 1. The maximum atomic E-state index is 12.8. The molecule has 0 bridgehead atoms. The first-order valence-electron chi connectivity index (χ1n) is 8.90. The molecule has 0 spiro atoms. The first kappa shape index (κ1) is 18.2. The summed E-state index contributed by atoms with van der Waals surface area (Å²) in [5.41, 5.74) is 8.90. The molecule has 3 aromatic heterocycles. The van der Waals surface area contributed by atoms with Crippen molar-refractivity contribution in [3.8, 4) is 11.3 Å². The number of hydrogen-bond donors (Lipinski definition) is 2. The van der Waals surface area contributed by atoms with Gasteiger partial charge in [-0.3, -0.25) is 14.5 Å². The van der Waals surface area contributed by atoms with E-state index >= 15 is 0 Å². The molecule has 3 aromatic rings. The molecular weight excluding hydrogens is 382 g/mol. The number of hydrogen-bond acceptors (Lipinski definition) is 5. The van der Waals surface area contributed by atoms with Gasteiger partial charge in [-0.25, -0.2) is 0 Å². The largest absolute Gasteiger partial charge is 0.347 e. The van der Waals surface area contributed by atoms with Crippen LogP contribution in [0.15, 0.2) is 36.8 Å². The zero-order chi connectivity index (χ0) is 18.8. The van der Waals surface area contributed by atoms with Crippen molar-refractivity contribution in [3.63, 3.8) is 0 Å². The molecule has 4 heterocycles. The minimum Gasteiger partial charge on any atom is -0.347 e. The van der Waals surface area contributed by atoms with Crippen molar-refractivity contribution in [1.82, 2.24) is 20.1 Å². The highest BCUT2D eigenvalue weighted by Gasteiger charge is 2.24. The Bertz CT molecular complexity index is 952. The van der Waals surface area contributed by atoms with Gasteiger partial charge in [0.05, 0.1) is 21.8 Å². The maximum Gasteiger partial charge on any atom is 0.261 e. The highest BCUT2D eigenvalue weighted by molar-refractivity contribution is 7.14. The number of rotatable bonds is 5. The van der Waals surface area contributed by atoms with Gasteiger partial charge in [-0.2, -0.15) is 5.10 Å². The summed E-state index contributed by atoms with van der Waals surface area (Å²) in [6.07, 6.45) is 7.73. The molecule has 4 rings (SSSR count). The number of aromatic nitrogens is 3. The topological polar surface area (TPSA) is 85.8 Å². The predicted octanol–water partition coefficient (Wildman–Crippen LogP) is 2.91. The van der Waals surface area contributed by atoms with E-state index in [4.69, 9.17) is 17.3 Å². The number of carbonyl (C=O) groups is 1. The molecule has 0 saturated carbocycles. The molecule has 1 aliphatic rings. The van der Waals surface area contributed by atoms with E-state index in [1.165, 1.54) is 16.2 Å². The van der Waals surface area contributed by atoms with Crippen LogP contribution in [0, 0.1) is 0 Å². The van der Waals surface area contributed by atoms with E-state index in [0.717, 1.165) is 36.2 Å². The summed E-state index contributed by atoms with van der Waals surface area (Å²) in [5.74, 6) is -0.0974. The molecule has 0 aromatic carbocycles. The van der Waals surface area contributed by atoms with Crippen LogP contribution in [0.25, 0.3) is 11.3 Å². The first-order valence-corrected chi connectivity index (χ1v) is 10.1. The summed E-state index contributed by atoms with van der Waals surface area (Å²) in [4.78, 5) is 18.7. The number of pyridine rings is 1. The first-order chi connectivity index (χ1) is 13.2. The van der Waals surface area contributed by atoms with Crippen molar-refractivity contribution < 1.29 is 4.79 Å². The second kappa shape index (κ2) is 7.80. The van der Waals surface area contributed by atoms with Crippen LogP contribution < -0.4 is 11.1 Å². The zero-order valence-corrected chi connectivity index (χ0v) is 16.3. The summed E-state index contributed by atoms with van der Waals surface area (Å²) in [6, 6.07) is 5.67. The van der Waals surface area contributed by atoms with Crippen LogP contribution in [0.4, 0.5) is 0 Å². The van der Waals surface area contributed by atoms with E-state index in [1.54, 1.807) is 18.6 Å². The van der Waals surface area contributed by atoms with Crippen molar-refractivity contribution in [2.75, 3.05) is 6.54 Å². The second-order valence-electron chi connectivity index (χ2n) is 6.58. The van der Waals surface area contributed by atoms with Gasteiger partial charge in [0, 0.05) is 42.0 Å². The molecule has 8 heteroatoms. The third-order valence-corrected chi connectivity index (χ3v) is 6.18. The fourth-order valence-corrected chi connectivity index (χ4v) is 4.72. The number of nitrogens with zero attached hydrogens (tertiary/aromatic N) is 3. The SMILES string of the molecule is NC[C@H](Cc1ccncc1)NC(=O)c1cc2c(s1)CCCn1ncc(Cl)c1-2. The van der Waals surface area contributed by atoms with Crippen molar-refractivity contribution in [3.05, 3.63) is 57.1 Å². The van der Waals surface area contributed by atoms with Crippen LogP contribution in [0.1, 0.15) is 26.5 Å². The number of nitrogens with two attached hydrogens (primary N) is 1. The Labute approximate surface area is 166 Å². The number of halogens is 1. The van der Waals surface area contributed by atoms with Gasteiger partial charge in [-0.1, -0.05) is 11.6 Å². The monoisotopic (exact) mass is 401 g/mol. The molecule has 0 aliphatic carbocycles. The normalized spacial score (nSPS) is 14.1. The molecule has 0 fully saturated rings. The Morgan fingerprint density at radius 1 is 1.41 bits per heavy atom. The van der Waals surface area contributed by atoms with E-state index in [1.807, 2.05) is 22.9 Å². The highest BCUT2D eigenvalue weighted by Crippen LogP contribution is 2.38. The molecule has 0 unspecified atom stereocenters. The fraction of sp³-hybridized carbons (Fsp3) is 0.316. The molecular formula is C19H20ClN5OS. The van der Waals surface area contributed by atoms with Crippen LogP contribution in [-0.4, -0.2) is 33.3 Å². The molecule has 1 aliphatic heterocycles. The fourth-order valence-electron chi connectivity index (χ4n) is 3.37. The van der Waals surface area contributed by atoms with E-state index in [9.17, 15) is 4.79 Å². The Morgan fingerprint density at radius 3 is 3.00 bits per heavy atom. The van der Waals surface area contributed by atoms with Crippen molar-refractivity contribution in [2.45, 2.75) is 31.8 Å². The van der Waals surface area contributed by atoms with Gasteiger partial charge in [-0.05, 0) is 43.0 Å². The van der Waals surface area contributed by atoms with Crippen LogP contribution >= 0.6 is 22.9 Å². The Balaban J connectivity index is 1.55. The third-order valence-electron chi connectivity index (χ3n) is 4.71. The lowest BCUT2D eigenvalue weighted by atomic mass is 10.1. The summed E-state index contributed by atoms with van der Waals surface area (Å²) in [6.45, 7) is 1.21. The van der Waals surface area contributed by atoms with Crippen LogP contribution in [0.3, 0.4) is 0 Å². The molecule has 140 valence electrons. The standard InChI is InChI=1S/C19H20ClN5OS/c20-15-11-23-25-7-1-2-16-14(18(15)25)9-17(27-16)19(26)24-13(10-21)8-12-3-5-22-6-4-12/h3-6,9,11,13H,1-2,7-8,10,21H2,(H,24,26)/t13-/m0/s1. The Hall–Kier alpha value is -2.22. The lowest BCUT2D eigenvalue weighted by molar-refractivity contribution is 0.0942. The Morgan fingerprint density at radius 2 is 2.22 bits per heavy atom. The van der Waals surface area contributed by atoms with Gasteiger partial charge in [-0.15, -0.1) is 11.3 Å². The van der Waals surface area contributed by atoms with E-state index in [-0.39, 0.29) is 11.9 Å². The van der Waals surface area contributed by atoms with Gasteiger partial charge in [0.1, 0.15) is 0 Å². The van der Waals surface area contributed by atoms with E-state index in [2.05, 4.69) is 15.4 Å². The molecule has 1 amide bonds. The summed E-state index contributed by atoms with van der Waals surface area (Å²) in [7, 11) is 0. The lowest BCUT2D eigenvalue weighted by Crippen LogP contribution is -2.41. The van der Waals surface area contributed by atoms with Gasteiger partial charge >= 0.3 is 0 Å². The number of thiophene rings is 1. The molecule has 27 heavy (non-hydrogen) atoms. The highest BCUT2D eigenvalue weighted by atomic mass is 35.5. The third kappa shape index (κ3) is 3.76. The van der Waals surface area contributed by atoms with Crippen LogP contribution in [0.2, 0.25) is 5.02 Å². The van der Waals surface area contributed by atoms with Crippen molar-refractivity contribution >= 4 is 28.8 Å². The van der Waals surface area contributed by atoms with Crippen molar-refractivity contribution in [2.24, 2.45) is 5.73 Å². The van der Waals surface area contributed by atoms with Gasteiger partial charge < -0.3 is 11.1 Å². The summed E-state index contributed by atoms with van der Waals surface area (Å²) < 4.78 is 1.93. The number of amides is 1. The van der Waals surface area contributed by atoms with E-state index < -0.39 is 0 Å². The molecule has 0 saturated heterocycles. The summed E-state index contributed by atoms with van der Waals surface area (Å²) in [5, 5.41) is 8.03. The number of carbonyl (C=O) groups excluding carboxylic acids is 1. The number of fused-ring (bicyclic) bond motifs is 3. The van der Waals surface area contributed by atoms with Crippen LogP contribution in [0.5, 0.6) is 0 Å². The average molecular weight is 402 g/mol. The van der Waals surface area contributed by atoms with Gasteiger partial charge in [0.25, 0.3) is 5.91 Å². The van der Waals surface area contributed by atoms with E-state index in [0.29, 0.717) is 22.9 Å². The molecule has 6 nitrogen and oxygen atoms in total. The molecule has 3 N–H and O–H groups in total. The van der Waals surface area contributed by atoms with Crippen molar-refractivity contribution in [1.29, 1.82) is 0 Å². The predicted molar refractivity (Wildman–Crippen MR) is 107 cm³/mol. The molecule has 0 radical (unpaired) electrons. The Kier molecular flexibility index (Phi) is 5.24. The second-order valence-corrected chi connectivity index (χ2v) is 8.12.